The topological polar surface area (TPSA) is 73.5 Å². The Hall–Kier alpha value is -2.15. The Labute approximate surface area is 189 Å². The van der Waals surface area contributed by atoms with E-state index in [2.05, 4.69) is 16.0 Å². The quantitative estimate of drug-likeness (QED) is 0.669. The first-order valence-corrected chi connectivity index (χ1v) is 11.9. The molecule has 0 aromatic heterocycles. The molecular weight excluding hydrogens is 407 g/mol. The Morgan fingerprint density at radius 3 is 2.41 bits per heavy atom. The maximum Gasteiger partial charge on any atom is 0.315 e. The zero-order valence-corrected chi connectivity index (χ0v) is 19.4. The van der Waals surface area contributed by atoms with Crippen LogP contribution in [-0.4, -0.2) is 40.0 Å². The van der Waals surface area contributed by atoms with E-state index in [9.17, 15) is 14.0 Å². The number of hydrogen-bond acceptors (Lipinski definition) is 3. The lowest BCUT2D eigenvalue weighted by Gasteiger charge is -2.62. The molecule has 1 heterocycles. The van der Waals surface area contributed by atoms with Crippen molar-refractivity contribution in [3.05, 3.63) is 35.1 Å². The van der Waals surface area contributed by atoms with Gasteiger partial charge in [0, 0.05) is 29.7 Å². The predicted octanol–water partition coefficient (Wildman–Crippen LogP) is 3.45. The Balaban J connectivity index is 1.23. The summed E-state index contributed by atoms with van der Waals surface area (Å²) in [5, 5.41) is 10.0. The van der Waals surface area contributed by atoms with E-state index in [0.717, 1.165) is 43.2 Å². The van der Waals surface area contributed by atoms with Gasteiger partial charge < -0.3 is 20.9 Å². The summed E-state index contributed by atoms with van der Waals surface area (Å²) < 4.78 is 13.5. The van der Waals surface area contributed by atoms with E-state index in [1.165, 1.54) is 18.6 Å². The molecule has 5 aliphatic rings. The van der Waals surface area contributed by atoms with Crippen LogP contribution in [0.3, 0.4) is 0 Å². The molecule has 4 bridgehead atoms. The second kappa shape index (κ2) is 7.44. The monoisotopic (exact) mass is 442 g/mol. The first kappa shape index (κ1) is 21.7. The van der Waals surface area contributed by atoms with Crippen molar-refractivity contribution in [1.82, 2.24) is 20.9 Å². The number of halogens is 1. The van der Waals surface area contributed by atoms with Gasteiger partial charge in [-0.1, -0.05) is 6.07 Å². The van der Waals surface area contributed by atoms with Crippen LogP contribution in [0, 0.1) is 17.7 Å². The number of rotatable bonds is 4. The van der Waals surface area contributed by atoms with Gasteiger partial charge in [-0.05, 0) is 94.4 Å². The first-order chi connectivity index (χ1) is 15.0. The van der Waals surface area contributed by atoms with Gasteiger partial charge in [-0.2, -0.15) is 0 Å². The van der Waals surface area contributed by atoms with E-state index in [1.807, 2.05) is 25.7 Å². The van der Waals surface area contributed by atoms with Gasteiger partial charge in [0.15, 0.2) is 0 Å². The molecule has 32 heavy (non-hydrogen) atoms. The fourth-order valence-corrected chi connectivity index (χ4v) is 7.14. The minimum absolute atomic E-state index is 0.0600. The summed E-state index contributed by atoms with van der Waals surface area (Å²) in [4.78, 5) is 27.5. The lowest BCUT2D eigenvalue weighted by atomic mass is 9.50. The van der Waals surface area contributed by atoms with Crippen LogP contribution in [0.2, 0.25) is 0 Å². The number of urea groups is 1. The van der Waals surface area contributed by atoms with Gasteiger partial charge in [0.2, 0.25) is 5.91 Å². The highest BCUT2D eigenvalue weighted by Crippen LogP contribution is 2.57. The molecule has 2 unspecified atom stereocenters. The number of carbonyl (C=O) groups excluding carboxylic acids is 2. The molecule has 6 nitrogen and oxygen atoms in total. The molecule has 7 heteroatoms. The lowest BCUT2D eigenvalue weighted by molar-refractivity contribution is -0.132. The molecule has 1 aliphatic heterocycles. The van der Waals surface area contributed by atoms with E-state index in [1.54, 1.807) is 6.07 Å². The number of carbonyl (C=O) groups is 2. The minimum Gasteiger partial charge on any atom is -0.334 e. The van der Waals surface area contributed by atoms with Crippen molar-refractivity contribution in [2.45, 2.75) is 89.0 Å². The summed E-state index contributed by atoms with van der Waals surface area (Å²) in [6.45, 7) is 7.29. The van der Waals surface area contributed by atoms with Crippen molar-refractivity contribution in [3.8, 4) is 0 Å². The predicted molar refractivity (Wildman–Crippen MR) is 120 cm³/mol. The van der Waals surface area contributed by atoms with Gasteiger partial charge in [0.25, 0.3) is 0 Å². The van der Waals surface area contributed by atoms with Crippen LogP contribution in [0.15, 0.2) is 18.2 Å². The van der Waals surface area contributed by atoms with Crippen LogP contribution in [0.25, 0.3) is 0 Å². The molecule has 2 atom stereocenters. The summed E-state index contributed by atoms with van der Waals surface area (Å²) in [7, 11) is 0. The smallest absolute Gasteiger partial charge is 0.315 e. The standard InChI is InChI=1S/C25H35FN4O2/c1-23(2,3)28-22(32)29-25-10-16-6-17(11-25)9-24(8-16,15-25)27-12-21(31)30-13-18-4-5-20(26)7-19(18)14-30/h4-5,7,16-17,27H,6,8-15H2,1-3H3,(H2,28,29,32). The van der Waals surface area contributed by atoms with E-state index >= 15 is 0 Å². The van der Waals surface area contributed by atoms with Gasteiger partial charge in [-0.15, -0.1) is 0 Å². The van der Waals surface area contributed by atoms with Crippen LogP contribution in [0.1, 0.15) is 70.4 Å². The summed E-state index contributed by atoms with van der Waals surface area (Å²) in [6, 6.07) is 4.69. The molecule has 1 aromatic carbocycles. The third-order valence-corrected chi connectivity index (χ3v) is 7.79. The SMILES string of the molecule is CC(C)(C)NC(=O)NC12CC3CC(CC(NCC(=O)N4Cc5ccc(F)cc5C4)(C3)C1)C2. The van der Waals surface area contributed by atoms with E-state index in [0.29, 0.717) is 31.5 Å². The van der Waals surface area contributed by atoms with Crippen LogP contribution in [0.5, 0.6) is 0 Å². The van der Waals surface area contributed by atoms with Gasteiger partial charge in [-0.3, -0.25) is 4.79 Å². The fraction of sp³-hybridized carbons (Fsp3) is 0.680. The van der Waals surface area contributed by atoms with Crippen molar-refractivity contribution in [2.75, 3.05) is 6.54 Å². The van der Waals surface area contributed by atoms with Gasteiger partial charge >= 0.3 is 6.03 Å². The highest BCUT2D eigenvalue weighted by atomic mass is 19.1. The molecule has 3 amide bonds. The number of nitrogens with zero attached hydrogens (tertiary/aromatic N) is 1. The number of amides is 3. The summed E-state index contributed by atoms with van der Waals surface area (Å²) in [6.07, 6.45) is 6.33. The number of hydrogen-bond donors (Lipinski definition) is 3. The van der Waals surface area contributed by atoms with Crippen LogP contribution in [0.4, 0.5) is 9.18 Å². The van der Waals surface area contributed by atoms with Crippen molar-refractivity contribution < 1.29 is 14.0 Å². The fourth-order valence-electron chi connectivity index (χ4n) is 7.14. The molecule has 0 radical (unpaired) electrons. The lowest BCUT2D eigenvalue weighted by Crippen LogP contribution is -2.70. The van der Waals surface area contributed by atoms with Crippen molar-refractivity contribution in [3.63, 3.8) is 0 Å². The van der Waals surface area contributed by atoms with Crippen LogP contribution < -0.4 is 16.0 Å². The Morgan fingerprint density at radius 2 is 1.72 bits per heavy atom. The summed E-state index contributed by atoms with van der Waals surface area (Å²) >= 11 is 0. The first-order valence-electron chi connectivity index (χ1n) is 11.9. The molecule has 0 saturated heterocycles. The number of nitrogens with one attached hydrogen (secondary N) is 3. The molecule has 4 fully saturated rings. The van der Waals surface area contributed by atoms with Crippen molar-refractivity contribution in [1.29, 1.82) is 0 Å². The average Bonchev–Trinajstić information content (AvgIpc) is 3.06. The van der Waals surface area contributed by atoms with Crippen molar-refractivity contribution in [2.24, 2.45) is 11.8 Å². The zero-order valence-electron chi connectivity index (χ0n) is 19.4. The van der Waals surface area contributed by atoms with Crippen LogP contribution in [-0.2, 0) is 17.9 Å². The summed E-state index contributed by atoms with van der Waals surface area (Å²) in [5.41, 5.74) is 1.39. The average molecular weight is 443 g/mol. The molecular formula is C25H35FN4O2. The maximum absolute atomic E-state index is 13.5. The largest absolute Gasteiger partial charge is 0.334 e. The van der Waals surface area contributed by atoms with Crippen LogP contribution >= 0.6 is 0 Å². The Kier molecular flexibility index (Phi) is 5.04. The third kappa shape index (κ3) is 4.24. The Bertz CT molecular complexity index is 926. The van der Waals surface area contributed by atoms with E-state index < -0.39 is 0 Å². The van der Waals surface area contributed by atoms with Gasteiger partial charge in [0.05, 0.1) is 6.54 Å². The normalized spacial score (nSPS) is 32.7. The van der Waals surface area contributed by atoms with Gasteiger partial charge in [0.1, 0.15) is 5.82 Å². The second-order valence-electron chi connectivity index (χ2n) is 11.9. The molecule has 6 rings (SSSR count). The second-order valence-corrected chi connectivity index (χ2v) is 11.9. The minimum atomic E-state index is -0.273. The number of fused-ring (bicyclic) bond motifs is 1. The molecule has 0 spiro atoms. The molecule has 4 aliphatic carbocycles. The molecule has 1 aromatic rings. The maximum atomic E-state index is 13.5. The highest BCUT2D eigenvalue weighted by molar-refractivity contribution is 5.79. The Morgan fingerprint density at radius 1 is 1.06 bits per heavy atom. The molecule has 4 saturated carbocycles. The van der Waals surface area contributed by atoms with Crippen molar-refractivity contribution >= 4 is 11.9 Å². The van der Waals surface area contributed by atoms with E-state index in [-0.39, 0.29) is 34.4 Å². The van der Waals surface area contributed by atoms with Gasteiger partial charge in [-0.25, -0.2) is 9.18 Å². The molecule has 174 valence electrons. The highest BCUT2D eigenvalue weighted by Gasteiger charge is 2.58. The van der Waals surface area contributed by atoms with E-state index in [4.69, 9.17) is 0 Å². The molecule has 3 N–H and O–H groups in total. The number of benzene rings is 1. The summed E-state index contributed by atoms with van der Waals surface area (Å²) in [5.74, 6) is 0.989. The third-order valence-electron chi connectivity index (χ3n) is 7.79. The zero-order chi connectivity index (χ0) is 22.7.